The highest BCUT2D eigenvalue weighted by Crippen LogP contribution is 2.28. The number of carbonyl (C=O) groups is 2. The third kappa shape index (κ3) is 4.21. The standard InChI is InChI=1S/C24H26ClFN6O2/c1-29-21-20(22(33)28-24(29)34)32(14-16-6-3-2-4-7-16)23(27-21)31-12-10-30(11-13-31)15-17-18(25)8-5-9-19(17)26/h2-9,20-21H,10-15H2,1H3,(H,28,33,34). The fourth-order valence-corrected chi connectivity index (χ4v) is 4.96. The van der Waals surface area contributed by atoms with Crippen LogP contribution in [-0.2, 0) is 17.9 Å². The molecule has 0 aromatic heterocycles. The van der Waals surface area contributed by atoms with E-state index in [1.807, 2.05) is 35.2 Å². The lowest BCUT2D eigenvalue weighted by Crippen LogP contribution is -2.64. The van der Waals surface area contributed by atoms with Gasteiger partial charge in [0.05, 0.1) is 0 Å². The number of fused-ring (bicyclic) bond motifs is 1. The second kappa shape index (κ2) is 9.23. The SMILES string of the molecule is CN1C(=O)NC(=O)C2C1N=C(N1CCN(Cc3c(F)cccc3Cl)CC1)N2Cc1ccccc1. The molecule has 3 amide bonds. The fourth-order valence-electron chi connectivity index (χ4n) is 4.74. The summed E-state index contributed by atoms with van der Waals surface area (Å²) in [6.45, 7) is 3.65. The summed E-state index contributed by atoms with van der Waals surface area (Å²) in [6.07, 6.45) is -0.574. The average Bonchev–Trinajstić information content (AvgIpc) is 3.21. The number of guanidine groups is 1. The Kier molecular flexibility index (Phi) is 6.14. The monoisotopic (exact) mass is 484 g/mol. The van der Waals surface area contributed by atoms with Gasteiger partial charge in [-0.25, -0.2) is 14.2 Å². The molecule has 2 saturated heterocycles. The minimum absolute atomic E-state index is 0.299. The lowest BCUT2D eigenvalue weighted by Gasteiger charge is -2.40. The molecule has 0 saturated carbocycles. The zero-order valence-electron chi connectivity index (χ0n) is 18.8. The van der Waals surface area contributed by atoms with E-state index in [0.29, 0.717) is 55.8 Å². The van der Waals surface area contributed by atoms with Gasteiger partial charge in [-0.05, 0) is 17.7 Å². The molecule has 2 unspecified atom stereocenters. The Morgan fingerprint density at radius 1 is 1.03 bits per heavy atom. The van der Waals surface area contributed by atoms with E-state index < -0.39 is 18.2 Å². The van der Waals surface area contributed by atoms with Crippen molar-refractivity contribution in [2.75, 3.05) is 33.2 Å². The van der Waals surface area contributed by atoms with Crippen LogP contribution in [0.25, 0.3) is 0 Å². The van der Waals surface area contributed by atoms with Crippen molar-refractivity contribution >= 4 is 29.5 Å². The highest BCUT2D eigenvalue weighted by molar-refractivity contribution is 6.31. The maximum Gasteiger partial charge on any atom is 0.325 e. The number of rotatable bonds is 4. The van der Waals surface area contributed by atoms with Gasteiger partial charge in [-0.2, -0.15) is 0 Å². The van der Waals surface area contributed by atoms with Crippen molar-refractivity contribution in [2.45, 2.75) is 25.3 Å². The Balaban J connectivity index is 1.34. The van der Waals surface area contributed by atoms with Crippen LogP contribution in [-0.4, -0.2) is 82.9 Å². The van der Waals surface area contributed by atoms with Crippen LogP contribution in [0, 0.1) is 5.82 Å². The van der Waals surface area contributed by atoms with Crippen molar-refractivity contribution in [2.24, 2.45) is 4.99 Å². The molecule has 3 aliphatic heterocycles. The van der Waals surface area contributed by atoms with E-state index in [4.69, 9.17) is 16.6 Å². The van der Waals surface area contributed by atoms with Crippen molar-refractivity contribution < 1.29 is 14.0 Å². The van der Waals surface area contributed by atoms with Crippen molar-refractivity contribution in [3.8, 4) is 0 Å². The minimum Gasteiger partial charge on any atom is -0.340 e. The van der Waals surface area contributed by atoms with Crippen LogP contribution in [0.1, 0.15) is 11.1 Å². The number of piperazine rings is 1. The van der Waals surface area contributed by atoms with Gasteiger partial charge in [-0.1, -0.05) is 48.0 Å². The summed E-state index contributed by atoms with van der Waals surface area (Å²) in [6, 6.07) is 13.6. The molecule has 3 heterocycles. The number of hydrogen-bond acceptors (Lipinski definition) is 6. The van der Waals surface area contributed by atoms with E-state index in [0.717, 1.165) is 5.56 Å². The Hall–Kier alpha value is -3.17. The number of likely N-dealkylation sites (N-methyl/N-ethyl adjacent to an activating group) is 1. The molecule has 0 spiro atoms. The van der Waals surface area contributed by atoms with Crippen LogP contribution in [0.4, 0.5) is 9.18 Å². The molecule has 2 aromatic carbocycles. The van der Waals surface area contributed by atoms with Crippen molar-refractivity contribution in [3.05, 3.63) is 70.5 Å². The predicted molar refractivity (Wildman–Crippen MR) is 127 cm³/mol. The Morgan fingerprint density at radius 3 is 2.47 bits per heavy atom. The highest BCUT2D eigenvalue weighted by atomic mass is 35.5. The summed E-state index contributed by atoms with van der Waals surface area (Å²) in [7, 11) is 1.66. The van der Waals surface area contributed by atoms with Gasteiger partial charge in [0.2, 0.25) is 0 Å². The normalized spacial score (nSPS) is 23.1. The summed E-state index contributed by atoms with van der Waals surface area (Å²) in [5.41, 5.74) is 1.56. The molecule has 3 aliphatic rings. The molecule has 10 heteroatoms. The van der Waals surface area contributed by atoms with Crippen LogP contribution in [0.5, 0.6) is 0 Å². The molecule has 8 nitrogen and oxygen atoms in total. The molecule has 0 bridgehead atoms. The van der Waals surface area contributed by atoms with Gasteiger partial charge >= 0.3 is 6.03 Å². The first kappa shape index (κ1) is 22.6. The van der Waals surface area contributed by atoms with Crippen molar-refractivity contribution in [3.63, 3.8) is 0 Å². The molecule has 34 heavy (non-hydrogen) atoms. The van der Waals surface area contributed by atoms with E-state index >= 15 is 0 Å². The lowest BCUT2D eigenvalue weighted by molar-refractivity contribution is -0.127. The molecule has 1 N–H and O–H groups in total. The Labute approximate surface area is 202 Å². The summed E-state index contributed by atoms with van der Waals surface area (Å²) in [4.78, 5) is 37.7. The second-order valence-electron chi connectivity index (χ2n) is 8.77. The van der Waals surface area contributed by atoms with Crippen LogP contribution in [0.3, 0.4) is 0 Å². The molecule has 2 fully saturated rings. The van der Waals surface area contributed by atoms with E-state index in [1.54, 1.807) is 19.2 Å². The maximum absolute atomic E-state index is 14.2. The molecule has 5 rings (SSSR count). The van der Waals surface area contributed by atoms with Gasteiger partial charge < -0.3 is 14.7 Å². The van der Waals surface area contributed by atoms with E-state index in [1.165, 1.54) is 11.0 Å². The number of amides is 3. The van der Waals surface area contributed by atoms with E-state index in [-0.39, 0.29) is 11.7 Å². The van der Waals surface area contributed by atoms with E-state index in [2.05, 4.69) is 15.1 Å². The van der Waals surface area contributed by atoms with Gasteiger partial charge in [-0.15, -0.1) is 0 Å². The molecule has 2 aromatic rings. The Bertz CT molecular complexity index is 1100. The number of benzene rings is 2. The molecule has 0 radical (unpaired) electrons. The fraction of sp³-hybridized carbons (Fsp3) is 0.375. The zero-order chi connectivity index (χ0) is 23.8. The Morgan fingerprint density at radius 2 is 1.76 bits per heavy atom. The van der Waals surface area contributed by atoms with Crippen LogP contribution >= 0.6 is 11.6 Å². The number of hydrogen-bond donors (Lipinski definition) is 1. The summed E-state index contributed by atoms with van der Waals surface area (Å²) in [5, 5.41) is 2.87. The topological polar surface area (TPSA) is 71.5 Å². The zero-order valence-corrected chi connectivity index (χ0v) is 19.6. The quantitative estimate of drug-likeness (QED) is 0.721. The summed E-state index contributed by atoms with van der Waals surface area (Å²) < 4.78 is 14.2. The first-order valence-electron chi connectivity index (χ1n) is 11.3. The van der Waals surface area contributed by atoms with Crippen LogP contribution in [0.2, 0.25) is 5.02 Å². The van der Waals surface area contributed by atoms with Crippen LogP contribution < -0.4 is 5.32 Å². The van der Waals surface area contributed by atoms with Gasteiger partial charge in [0.25, 0.3) is 5.91 Å². The summed E-state index contributed by atoms with van der Waals surface area (Å²) >= 11 is 6.21. The van der Waals surface area contributed by atoms with Crippen molar-refractivity contribution in [1.29, 1.82) is 0 Å². The van der Waals surface area contributed by atoms with E-state index in [9.17, 15) is 14.0 Å². The maximum atomic E-state index is 14.2. The molecular weight excluding hydrogens is 459 g/mol. The lowest BCUT2D eigenvalue weighted by atomic mass is 10.1. The number of nitrogens with zero attached hydrogens (tertiary/aromatic N) is 5. The predicted octanol–water partition coefficient (Wildman–Crippen LogP) is 2.34. The molecule has 178 valence electrons. The average molecular weight is 485 g/mol. The molecular formula is C24H26ClFN6O2. The number of aliphatic imine (C=N–C) groups is 1. The second-order valence-corrected chi connectivity index (χ2v) is 9.18. The first-order valence-corrected chi connectivity index (χ1v) is 11.7. The number of imide groups is 1. The third-order valence-electron chi connectivity index (χ3n) is 6.63. The summed E-state index contributed by atoms with van der Waals surface area (Å²) in [5.74, 6) is 0.0710. The number of nitrogens with one attached hydrogen (secondary N) is 1. The molecule has 2 atom stereocenters. The number of halogens is 2. The largest absolute Gasteiger partial charge is 0.340 e. The smallest absolute Gasteiger partial charge is 0.325 e. The number of urea groups is 1. The third-order valence-corrected chi connectivity index (χ3v) is 6.99. The number of carbonyl (C=O) groups excluding carboxylic acids is 2. The van der Waals surface area contributed by atoms with Crippen molar-refractivity contribution in [1.82, 2.24) is 24.9 Å². The highest BCUT2D eigenvalue weighted by Gasteiger charge is 2.49. The van der Waals surface area contributed by atoms with Gasteiger partial charge in [0, 0.05) is 56.9 Å². The van der Waals surface area contributed by atoms with Gasteiger partial charge in [0.15, 0.2) is 18.2 Å². The van der Waals surface area contributed by atoms with Gasteiger partial charge in [-0.3, -0.25) is 15.0 Å². The first-order chi connectivity index (χ1) is 16.4. The van der Waals surface area contributed by atoms with Crippen LogP contribution in [0.15, 0.2) is 53.5 Å². The van der Waals surface area contributed by atoms with Gasteiger partial charge in [0.1, 0.15) is 5.82 Å². The molecule has 0 aliphatic carbocycles. The minimum atomic E-state index is -0.590.